The normalized spacial score (nSPS) is 11.2. The third kappa shape index (κ3) is 2.86. The SMILES string of the molecule is CCOCc1sc2ccccc2c1COCC. The smallest absolute Gasteiger partial charge is 0.0813 e. The summed E-state index contributed by atoms with van der Waals surface area (Å²) in [6.07, 6.45) is 0. The molecule has 1 heterocycles. The van der Waals surface area contributed by atoms with E-state index in [0.29, 0.717) is 13.2 Å². The van der Waals surface area contributed by atoms with Crippen molar-refractivity contribution in [2.45, 2.75) is 27.1 Å². The van der Waals surface area contributed by atoms with Crippen molar-refractivity contribution < 1.29 is 9.47 Å². The molecule has 0 aliphatic carbocycles. The van der Waals surface area contributed by atoms with Gasteiger partial charge in [0.25, 0.3) is 0 Å². The zero-order chi connectivity index (χ0) is 12.1. The van der Waals surface area contributed by atoms with E-state index in [0.717, 1.165) is 13.2 Å². The first kappa shape index (κ1) is 12.6. The fraction of sp³-hybridized carbons (Fsp3) is 0.429. The maximum Gasteiger partial charge on any atom is 0.0813 e. The Bertz CT molecular complexity index is 476. The third-order valence-corrected chi connectivity index (χ3v) is 3.86. The van der Waals surface area contributed by atoms with Gasteiger partial charge < -0.3 is 9.47 Å². The molecule has 0 aliphatic rings. The van der Waals surface area contributed by atoms with Crippen molar-refractivity contribution in [2.24, 2.45) is 0 Å². The zero-order valence-corrected chi connectivity index (χ0v) is 11.2. The quantitative estimate of drug-likeness (QED) is 0.772. The van der Waals surface area contributed by atoms with E-state index in [2.05, 4.69) is 24.3 Å². The van der Waals surface area contributed by atoms with E-state index in [9.17, 15) is 0 Å². The first-order valence-corrected chi connectivity index (χ1v) is 6.83. The van der Waals surface area contributed by atoms with E-state index < -0.39 is 0 Å². The van der Waals surface area contributed by atoms with Crippen LogP contribution in [0.4, 0.5) is 0 Å². The number of fused-ring (bicyclic) bond motifs is 1. The summed E-state index contributed by atoms with van der Waals surface area (Å²) < 4.78 is 12.4. The molecule has 2 rings (SSSR count). The van der Waals surface area contributed by atoms with Gasteiger partial charge in [-0.3, -0.25) is 0 Å². The first-order chi connectivity index (χ1) is 8.36. The van der Waals surface area contributed by atoms with Crippen LogP contribution in [0.1, 0.15) is 24.3 Å². The topological polar surface area (TPSA) is 18.5 Å². The summed E-state index contributed by atoms with van der Waals surface area (Å²) in [6, 6.07) is 8.48. The summed E-state index contributed by atoms with van der Waals surface area (Å²) >= 11 is 1.81. The van der Waals surface area contributed by atoms with E-state index in [4.69, 9.17) is 9.47 Å². The van der Waals surface area contributed by atoms with Gasteiger partial charge in [-0.2, -0.15) is 0 Å². The van der Waals surface area contributed by atoms with Crippen molar-refractivity contribution in [3.05, 3.63) is 34.7 Å². The minimum Gasteiger partial charge on any atom is -0.377 e. The van der Waals surface area contributed by atoms with Crippen LogP contribution in [0.25, 0.3) is 10.1 Å². The summed E-state index contributed by atoms with van der Waals surface area (Å²) in [5.41, 5.74) is 1.29. The molecule has 0 unspecified atom stereocenters. The van der Waals surface area contributed by atoms with Gasteiger partial charge in [0.2, 0.25) is 0 Å². The molecular weight excluding hydrogens is 232 g/mol. The lowest BCUT2D eigenvalue weighted by Crippen LogP contribution is -1.97. The van der Waals surface area contributed by atoms with Crippen LogP contribution in [0, 0.1) is 0 Å². The first-order valence-electron chi connectivity index (χ1n) is 6.01. The fourth-order valence-electron chi connectivity index (χ4n) is 1.82. The molecule has 0 amide bonds. The van der Waals surface area contributed by atoms with Gasteiger partial charge in [-0.15, -0.1) is 11.3 Å². The van der Waals surface area contributed by atoms with Crippen molar-refractivity contribution >= 4 is 21.4 Å². The number of benzene rings is 1. The number of hydrogen-bond donors (Lipinski definition) is 0. The second kappa shape index (κ2) is 6.15. The number of ether oxygens (including phenoxy) is 2. The van der Waals surface area contributed by atoms with Gasteiger partial charge in [-0.1, -0.05) is 18.2 Å². The van der Waals surface area contributed by atoms with E-state index >= 15 is 0 Å². The van der Waals surface area contributed by atoms with Crippen molar-refractivity contribution in [3.63, 3.8) is 0 Å². The van der Waals surface area contributed by atoms with Crippen molar-refractivity contribution in [1.82, 2.24) is 0 Å². The molecule has 0 radical (unpaired) electrons. The molecule has 1 aromatic carbocycles. The Morgan fingerprint density at radius 3 is 2.47 bits per heavy atom. The van der Waals surface area contributed by atoms with E-state index in [1.165, 1.54) is 20.5 Å². The number of rotatable bonds is 6. The maximum absolute atomic E-state index is 5.56. The Morgan fingerprint density at radius 1 is 1.00 bits per heavy atom. The minimum atomic E-state index is 0.683. The van der Waals surface area contributed by atoms with Crippen LogP contribution in [-0.2, 0) is 22.7 Å². The van der Waals surface area contributed by atoms with Crippen LogP contribution in [-0.4, -0.2) is 13.2 Å². The average molecular weight is 250 g/mol. The molecule has 0 fully saturated rings. The standard InChI is InChI=1S/C14H18O2S/c1-3-15-9-12-11-7-5-6-8-13(11)17-14(12)10-16-4-2/h5-8H,3-4,9-10H2,1-2H3. The highest BCUT2D eigenvalue weighted by molar-refractivity contribution is 7.19. The highest BCUT2D eigenvalue weighted by Gasteiger charge is 2.11. The van der Waals surface area contributed by atoms with Crippen LogP contribution in [0.15, 0.2) is 24.3 Å². The summed E-state index contributed by atoms with van der Waals surface area (Å²) in [6.45, 7) is 6.92. The van der Waals surface area contributed by atoms with Crippen LogP contribution < -0.4 is 0 Å². The van der Waals surface area contributed by atoms with E-state index in [1.54, 1.807) is 0 Å². The largest absolute Gasteiger partial charge is 0.377 e. The second-order valence-corrected chi connectivity index (χ2v) is 4.91. The van der Waals surface area contributed by atoms with Gasteiger partial charge in [-0.05, 0) is 25.3 Å². The lowest BCUT2D eigenvalue weighted by Gasteiger charge is -2.05. The number of hydrogen-bond acceptors (Lipinski definition) is 3. The Morgan fingerprint density at radius 2 is 1.71 bits per heavy atom. The van der Waals surface area contributed by atoms with Gasteiger partial charge in [0, 0.05) is 28.4 Å². The zero-order valence-electron chi connectivity index (χ0n) is 10.4. The monoisotopic (exact) mass is 250 g/mol. The van der Waals surface area contributed by atoms with Crippen LogP contribution in [0.5, 0.6) is 0 Å². The Hall–Kier alpha value is -0.900. The molecule has 2 aromatic rings. The minimum absolute atomic E-state index is 0.683. The van der Waals surface area contributed by atoms with Crippen LogP contribution in [0.3, 0.4) is 0 Å². The van der Waals surface area contributed by atoms with Gasteiger partial charge in [0.05, 0.1) is 13.2 Å². The summed E-state index contributed by atoms with van der Waals surface area (Å²) in [5.74, 6) is 0. The number of thiophene rings is 1. The Labute approximate surface area is 106 Å². The summed E-state index contributed by atoms with van der Waals surface area (Å²) in [5, 5.41) is 1.31. The highest BCUT2D eigenvalue weighted by Crippen LogP contribution is 2.32. The van der Waals surface area contributed by atoms with E-state index in [-0.39, 0.29) is 0 Å². The summed E-state index contributed by atoms with van der Waals surface area (Å²) in [7, 11) is 0. The molecule has 0 spiro atoms. The molecule has 3 heteroatoms. The van der Waals surface area contributed by atoms with Gasteiger partial charge in [0.1, 0.15) is 0 Å². The molecular formula is C14H18O2S. The maximum atomic E-state index is 5.56. The molecule has 0 aliphatic heterocycles. The molecule has 0 atom stereocenters. The molecule has 17 heavy (non-hydrogen) atoms. The Balaban J connectivity index is 2.34. The molecule has 0 bridgehead atoms. The van der Waals surface area contributed by atoms with Crippen molar-refractivity contribution in [3.8, 4) is 0 Å². The van der Waals surface area contributed by atoms with Crippen molar-refractivity contribution in [2.75, 3.05) is 13.2 Å². The molecule has 0 saturated carbocycles. The van der Waals surface area contributed by atoms with Crippen LogP contribution >= 0.6 is 11.3 Å². The molecule has 2 nitrogen and oxygen atoms in total. The van der Waals surface area contributed by atoms with Gasteiger partial charge in [-0.25, -0.2) is 0 Å². The third-order valence-electron chi connectivity index (χ3n) is 2.67. The fourth-order valence-corrected chi connectivity index (χ4v) is 2.97. The van der Waals surface area contributed by atoms with Crippen LogP contribution in [0.2, 0.25) is 0 Å². The van der Waals surface area contributed by atoms with Gasteiger partial charge in [0.15, 0.2) is 0 Å². The lowest BCUT2D eigenvalue weighted by atomic mass is 10.1. The highest BCUT2D eigenvalue weighted by atomic mass is 32.1. The lowest BCUT2D eigenvalue weighted by molar-refractivity contribution is 0.122. The van der Waals surface area contributed by atoms with Crippen molar-refractivity contribution in [1.29, 1.82) is 0 Å². The molecule has 0 N–H and O–H groups in total. The second-order valence-electron chi connectivity index (χ2n) is 3.77. The molecule has 92 valence electrons. The molecule has 1 aromatic heterocycles. The molecule has 0 saturated heterocycles. The van der Waals surface area contributed by atoms with Gasteiger partial charge >= 0.3 is 0 Å². The average Bonchev–Trinajstić information content (AvgIpc) is 2.71. The van der Waals surface area contributed by atoms with E-state index in [1.807, 2.05) is 25.2 Å². The predicted molar refractivity (Wildman–Crippen MR) is 72.5 cm³/mol. The predicted octanol–water partition coefficient (Wildman–Crippen LogP) is 3.97. The summed E-state index contributed by atoms with van der Waals surface area (Å²) in [4.78, 5) is 1.29. The Kier molecular flexibility index (Phi) is 4.54.